The van der Waals surface area contributed by atoms with Crippen molar-refractivity contribution in [3.8, 4) is 0 Å². The van der Waals surface area contributed by atoms with Crippen molar-refractivity contribution in [2.75, 3.05) is 0 Å². The first kappa shape index (κ1) is 29.9. The third-order valence-electron chi connectivity index (χ3n) is 0. The van der Waals surface area contributed by atoms with Gasteiger partial charge < -0.3 is 0 Å². The van der Waals surface area contributed by atoms with E-state index in [0.717, 1.165) is 0 Å². The van der Waals surface area contributed by atoms with Gasteiger partial charge in [0.25, 0.3) is 0 Å². The third kappa shape index (κ3) is 443. The van der Waals surface area contributed by atoms with Crippen molar-refractivity contribution in [1.82, 2.24) is 0 Å². The summed E-state index contributed by atoms with van der Waals surface area (Å²) in [6.07, 6.45) is 0. The molecule has 0 saturated heterocycles. The minimum Gasteiger partial charge on any atom is 2.00 e. The summed E-state index contributed by atoms with van der Waals surface area (Å²) in [5, 5.41) is 0. The van der Waals surface area contributed by atoms with Crippen molar-refractivity contribution >= 4 is 27.3 Å². The van der Waals surface area contributed by atoms with Gasteiger partial charge in [0, 0.05) is 0 Å². The summed E-state index contributed by atoms with van der Waals surface area (Å²) in [5.74, 6) is 0. The van der Waals surface area contributed by atoms with E-state index in [2.05, 4.69) is 0 Å². The zero-order valence-corrected chi connectivity index (χ0v) is 17.0. The third-order valence-corrected chi connectivity index (χ3v) is 0. The predicted molar refractivity (Wildman–Crippen MR) is 9.87 cm³/mol. The molecule has 9 nitrogen and oxygen atoms in total. The van der Waals surface area contributed by atoms with Gasteiger partial charge in [0.2, 0.25) is 0 Å². The molecule has 0 aliphatic rings. The minimum absolute atomic E-state index is 0. The molecule has 0 atom stereocenters. The van der Waals surface area contributed by atoms with Crippen molar-refractivity contribution in [3.63, 3.8) is 0 Å². The van der Waals surface area contributed by atoms with Gasteiger partial charge >= 0.3 is 133 Å². The molecule has 2 radical (unpaired) electrons. The standard InChI is InChI=1S/Li.3Nb.9O.Pb/q+1;;;;;;;;;;3*-1;+2. The summed E-state index contributed by atoms with van der Waals surface area (Å²) < 4.78 is 77.4. The van der Waals surface area contributed by atoms with E-state index < -0.39 is 56.4 Å². The molecule has 0 aromatic rings. The Labute approximate surface area is 130 Å². The minimum atomic E-state index is -4.20. The second-order valence-electron chi connectivity index (χ2n) is 0.671. The molecule has 0 rings (SSSR count). The van der Waals surface area contributed by atoms with E-state index in [1.807, 2.05) is 0 Å². The molecule has 0 unspecified atom stereocenters. The monoisotopic (exact) mass is 638 g/mol. The molecule has 0 bridgehead atoms. The van der Waals surface area contributed by atoms with Gasteiger partial charge in [0.05, 0.1) is 0 Å². The van der Waals surface area contributed by atoms with E-state index in [0.29, 0.717) is 0 Å². The number of rotatable bonds is 0. The summed E-state index contributed by atoms with van der Waals surface area (Å²) >= 11 is -12.6. The van der Waals surface area contributed by atoms with Crippen LogP contribution in [0.5, 0.6) is 0 Å². The van der Waals surface area contributed by atoms with Crippen molar-refractivity contribution in [2.24, 2.45) is 0 Å². The van der Waals surface area contributed by atoms with Gasteiger partial charge in [0.15, 0.2) is 0 Å². The Morgan fingerprint density at radius 3 is 0.571 bits per heavy atom. The van der Waals surface area contributed by atoms with E-state index in [-0.39, 0.29) is 46.2 Å². The zero-order valence-electron chi connectivity index (χ0n) is 6.52. The van der Waals surface area contributed by atoms with Crippen LogP contribution in [0.3, 0.4) is 0 Å². The normalized spacial score (nSPS) is 5.36. The first-order chi connectivity index (χ1) is 5.20. The molecule has 0 N–H and O–H groups in total. The second-order valence-corrected chi connectivity index (χ2v) is 3.97. The summed E-state index contributed by atoms with van der Waals surface area (Å²) in [4.78, 5) is 0. The molecule has 0 aromatic carbocycles. The Morgan fingerprint density at radius 1 is 0.571 bits per heavy atom. The van der Waals surface area contributed by atoms with Crippen LogP contribution in [-0.4, -0.2) is 27.3 Å². The molecule has 0 amide bonds. The molecular weight excluding hydrogens is 637 g/mol. The van der Waals surface area contributed by atoms with Crippen LogP contribution in [0.15, 0.2) is 0 Å². The van der Waals surface area contributed by atoms with E-state index in [4.69, 9.17) is 30.3 Å². The topological polar surface area (TPSA) is 172 Å². The van der Waals surface area contributed by atoms with Crippen molar-refractivity contribution in [3.05, 3.63) is 0 Å². The van der Waals surface area contributed by atoms with Gasteiger partial charge in [-0.3, -0.25) is 0 Å². The van der Waals surface area contributed by atoms with Crippen LogP contribution in [0.2, 0.25) is 0 Å². The SMILES string of the molecule is [Li+].[O]=[Nb](=[O])[O-].[O]=[Nb](=[O])[O-].[O]=[Nb](=[O])[O-].[Pb+2]. The summed E-state index contributed by atoms with van der Waals surface area (Å²) in [7, 11) is 0. The van der Waals surface area contributed by atoms with Crippen LogP contribution in [0.25, 0.3) is 0 Å². The molecule has 0 heterocycles. The van der Waals surface area contributed by atoms with Gasteiger partial charge in [-0.25, -0.2) is 0 Å². The number of hydrogen-bond acceptors (Lipinski definition) is 9. The molecule has 0 aromatic heterocycles. The van der Waals surface area contributed by atoms with Crippen LogP contribution < -0.4 is 29.7 Å². The van der Waals surface area contributed by atoms with Crippen LogP contribution in [0.4, 0.5) is 0 Å². The van der Waals surface area contributed by atoms with Crippen molar-refractivity contribution < 1.29 is 106 Å². The average Bonchev–Trinajstić information content (AvgIpc) is 1.54. The van der Waals surface area contributed by atoms with Gasteiger partial charge in [-0.2, -0.15) is 0 Å². The zero-order chi connectivity index (χ0) is 10.7. The Balaban J connectivity index is -0.0000000270. The predicted octanol–water partition coefficient (Wildman–Crippen LogP) is -7.66. The van der Waals surface area contributed by atoms with Gasteiger partial charge in [-0.1, -0.05) is 0 Å². The number of hydrogen-bond donors (Lipinski definition) is 0. The van der Waals surface area contributed by atoms with E-state index in [9.17, 15) is 0 Å². The Bertz CT molecular complexity index is 213. The van der Waals surface area contributed by atoms with Gasteiger partial charge in [-0.15, -0.1) is 0 Å². The molecule has 74 valence electrons. The molecule has 0 fully saturated rings. The van der Waals surface area contributed by atoms with Crippen LogP contribution >= 0.6 is 0 Å². The maximum Gasteiger partial charge on any atom is 2.00 e. The smallest absolute Gasteiger partial charge is 2.00 e. The molecular formula is LiNb3O9Pb. The first-order valence-electron chi connectivity index (χ1n) is 1.64. The summed E-state index contributed by atoms with van der Waals surface area (Å²) in [6.45, 7) is 0. The Kier molecular flexibility index (Phi) is 52.6. The maximum atomic E-state index is 8.60. The molecule has 0 aliphatic carbocycles. The van der Waals surface area contributed by atoms with Crippen molar-refractivity contribution in [2.45, 2.75) is 0 Å². The summed E-state index contributed by atoms with van der Waals surface area (Å²) in [5.41, 5.74) is 0. The first-order valence-corrected chi connectivity index (χ1v) is 9.72. The van der Waals surface area contributed by atoms with Crippen LogP contribution in [0.1, 0.15) is 0 Å². The molecule has 14 heteroatoms. The van der Waals surface area contributed by atoms with Gasteiger partial charge in [0.1, 0.15) is 0 Å². The molecule has 0 aliphatic heterocycles. The summed E-state index contributed by atoms with van der Waals surface area (Å²) in [6, 6.07) is 0. The van der Waals surface area contributed by atoms with E-state index in [1.54, 1.807) is 0 Å². The van der Waals surface area contributed by atoms with Gasteiger partial charge in [-0.05, 0) is 0 Å². The Hall–Kier alpha value is 2.42. The van der Waals surface area contributed by atoms with Crippen molar-refractivity contribution in [1.29, 1.82) is 0 Å². The van der Waals surface area contributed by atoms with E-state index in [1.165, 1.54) is 0 Å². The average molecular weight is 637 g/mol. The molecule has 0 saturated carbocycles. The van der Waals surface area contributed by atoms with E-state index >= 15 is 0 Å². The quantitative estimate of drug-likeness (QED) is 0.234. The maximum absolute atomic E-state index is 8.60. The second kappa shape index (κ2) is 24.6. The van der Waals surface area contributed by atoms with Crippen LogP contribution in [-0.2, 0) is 75.9 Å². The fraction of sp³-hybridized carbons (Fsp3) is 0. The molecule has 0 spiro atoms. The fourth-order valence-corrected chi connectivity index (χ4v) is 0. The van der Waals surface area contributed by atoms with Crippen LogP contribution in [0, 0.1) is 0 Å². The largest absolute Gasteiger partial charge is 2.00 e. The fourth-order valence-electron chi connectivity index (χ4n) is 0. The molecule has 14 heavy (non-hydrogen) atoms. The Morgan fingerprint density at radius 2 is 0.571 bits per heavy atom.